The Balaban J connectivity index is 1.20. The molecule has 3 aromatic rings. The summed E-state index contributed by atoms with van der Waals surface area (Å²) in [6.07, 6.45) is 2.51. The Morgan fingerprint density at radius 2 is 1.78 bits per heavy atom. The molecule has 1 aliphatic heterocycles. The number of hydrogen-bond acceptors (Lipinski definition) is 7. The van der Waals surface area contributed by atoms with Gasteiger partial charge in [-0.1, -0.05) is 47.1 Å². The van der Waals surface area contributed by atoms with Crippen LogP contribution in [0.1, 0.15) is 17.9 Å². The highest BCUT2D eigenvalue weighted by atomic mass is 32.2. The summed E-state index contributed by atoms with van der Waals surface area (Å²) < 4.78 is 5.46. The van der Waals surface area contributed by atoms with Crippen LogP contribution < -0.4 is 5.32 Å². The maximum absolute atomic E-state index is 12.4. The fraction of sp³-hybridized carbons (Fsp3) is 0.375. The topological polar surface area (TPSA) is 74.5 Å². The average Bonchev–Trinajstić information content (AvgIpc) is 3.28. The van der Waals surface area contributed by atoms with E-state index in [1.54, 1.807) is 11.8 Å². The molecule has 1 fully saturated rings. The van der Waals surface area contributed by atoms with Gasteiger partial charge in [0.05, 0.1) is 12.2 Å². The Morgan fingerprint density at radius 3 is 2.53 bits per heavy atom. The van der Waals surface area contributed by atoms with Gasteiger partial charge in [-0.2, -0.15) is 4.98 Å². The first-order chi connectivity index (χ1) is 15.6. The second-order valence-electron chi connectivity index (χ2n) is 7.99. The third-order valence-corrected chi connectivity index (χ3v) is 6.43. The lowest BCUT2D eigenvalue weighted by Crippen LogP contribution is -2.46. The van der Waals surface area contributed by atoms with Crippen molar-refractivity contribution in [2.45, 2.75) is 24.8 Å². The fourth-order valence-corrected chi connectivity index (χ4v) is 4.28. The first kappa shape index (κ1) is 22.5. The second kappa shape index (κ2) is 10.8. The number of amides is 1. The second-order valence-corrected chi connectivity index (χ2v) is 8.84. The summed E-state index contributed by atoms with van der Waals surface area (Å²) in [5.74, 6) is 1.33. The van der Waals surface area contributed by atoms with Gasteiger partial charge in [0.15, 0.2) is 0 Å². The molecule has 0 atom stereocenters. The fourth-order valence-electron chi connectivity index (χ4n) is 3.72. The zero-order chi connectivity index (χ0) is 22.3. The van der Waals surface area contributed by atoms with Crippen molar-refractivity contribution in [1.29, 1.82) is 0 Å². The van der Waals surface area contributed by atoms with Crippen LogP contribution in [0.5, 0.6) is 0 Å². The minimum absolute atomic E-state index is 0.0587. The molecule has 0 aliphatic carbocycles. The summed E-state index contributed by atoms with van der Waals surface area (Å²) in [7, 11) is 0. The molecule has 1 amide bonds. The quantitative estimate of drug-likeness (QED) is 0.521. The summed E-state index contributed by atoms with van der Waals surface area (Å²) in [5.41, 5.74) is 3.06. The molecular weight excluding hydrogens is 422 g/mol. The Morgan fingerprint density at radius 1 is 1.06 bits per heavy atom. The van der Waals surface area contributed by atoms with Gasteiger partial charge in [-0.15, -0.1) is 11.8 Å². The van der Waals surface area contributed by atoms with E-state index in [0.717, 1.165) is 48.9 Å². The third kappa shape index (κ3) is 5.97. The molecule has 7 nitrogen and oxygen atoms in total. The number of thioether (sulfide) groups is 1. The predicted molar refractivity (Wildman–Crippen MR) is 128 cm³/mol. The standard InChI is InChI=1S/C24H29N5O2S/c1-18-7-9-19(10-8-18)24-26-23(31-27-24)17-29-15-13-28(14-16-29)12-11-22(30)25-20-5-3-4-6-21(20)32-2/h3-10H,11-17H2,1-2H3,(H,25,30). The van der Waals surface area contributed by atoms with Crippen LogP contribution in [0.2, 0.25) is 0 Å². The number of rotatable bonds is 8. The highest BCUT2D eigenvalue weighted by Crippen LogP contribution is 2.24. The van der Waals surface area contributed by atoms with E-state index in [2.05, 4.69) is 32.2 Å². The van der Waals surface area contributed by atoms with Crippen molar-refractivity contribution in [3.8, 4) is 11.4 Å². The molecule has 4 rings (SSSR count). The summed E-state index contributed by atoms with van der Waals surface area (Å²) >= 11 is 1.64. The van der Waals surface area contributed by atoms with E-state index in [4.69, 9.17) is 4.52 Å². The molecule has 1 saturated heterocycles. The Bertz CT molecular complexity index is 1030. The van der Waals surface area contributed by atoms with E-state index in [1.807, 2.05) is 54.8 Å². The van der Waals surface area contributed by atoms with Gasteiger partial charge in [-0.3, -0.25) is 9.69 Å². The maximum atomic E-state index is 12.4. The number of aryl methyl sites for hydroxylation is 1. The largest absolute Gasteiger partial charge is 0.338 e. The van der Waals surface area contributed by atoms with Gasteiger partial charge in [0.2, 0.25) is 17.6 Å². The van der Waals surface area contributed by atoms with Crippen molar-refractivity contribution in [2.24, 2.45) is 0 Å². The van der Waals surface area contributed by atoms with Crippen LogP contribution in [0.3, 0.4) is 0 Å². The van der Waals surface area contributed by atoms with E-state index in [9.17, 15) is 4.79 Å². The SMILES string of the molecule is CSc1ccccc1NC(=O)CCN1CCN(Cc2nc(-c3ccc(C)cc3)no2)CC1. The minimum Gasteiger partial charge on any atom is -0.338 e. The van der Waals surface area contributed by atoms with Crippen molar-refractivity contribution < 1.29 is 9.32 Å². The van der Waals surface area contributed by atoms with Gasteiger partial charge in [-0.05, 0) is 25.3 Å². The van der Waals surface area contributed by atoms with Gasteiger partial charge >= 0.3 is 0 Å². The van der Waals surface area contributed by atoms with Crippen LogP contribution in [0.25, 0.3) is 11.4 Å². The molecule has 0 radical (unpaired) electrons. The molecule has 0 bridgehead atoms. The van der Waals surface area contributed by atoms with Crippen LogP contribution >= 0.6 is 11.8 Å². The first-order valence-corrected chi connectivity index (χ1v) is 12.1. The van der Waals surface area contributed by atoms with Crippen LogP contribution in [-0.4, -0.2) is 64.8 Å². The zero-order valence-electron chi connectivity index (χ0n) is 18.6. The third-order valence-electron chi connectivity index (χ3n) is 5.64. The van der Waals surface area contributed by atoms with E-state index < -0.39 is 0 Å². The number of para-hydroxylation sites is 1. The first-order valence-electron chi connectivity index (χ1n) is 10.9. The molecule has 1 N–H and O–H groups in total. The Labute approximate surface area is 193 Å². The Kier molecular flexibility index (Phi) is 7.57. The number of hydrogen-bond donors (Lipinski definition) is 1. The summed E-state index contributed by atoms with van der Waals surface area (Å²) in [5, 5.41) is 7.16. The molecule has 0 unspecified atom stereocenters. The number of carbonyl (C=O) groups excluding carboxylic acids is 1. The van der Waals surface area contributed by atoms with Crippen molar-refractivity contribution in [2.75, 3.05) is 44.3 Å². The van der Waals surface area contributed by atoms with E-state index >= 15 is 0 Å². The van der Waals surface area contributed by atoms with Crippen LogP contribution in [0, 0.1) is 6.92 Å². The van der Waals surface area contributed by atoms with E-state index in [-0.39, 0.29) is 5.91 Å². The number of piperazine rings is 1. The number of nitrogens with one attached hydrogen (secondary N) is 1. The van der Waals surface area contributed by atoms with E-state index in [1.165, 1.54) is 5.56 Å². The van der Waals surface area contributed by atoms with Gasteiger partial charge in [0.1, 0.15) is 0 Å². The van der Waals surface area contributed by atoms with Gasteiger partial charge in [-0.25, -0.2) is 0 Å². The van der Waals surface area contributed by atoms with Crippen molar-refractivity contribution in [3.63, 3.8) is 0 Å². The highest BCUT2D eigenvalue weighted by Gasteiger charge is 2.20. The molecule has 32 heavy (non-hydrogen) atoms. The van der Waals surface area contributed by atoms with Crippen molar-refractivity contribution in [1.82, 2.24) is 19.9 Å². The molecule has 0 saturated carbocycles. The molecule has 0 spiro atoms. The van der Waals surface area contributed by atoms with Crippen LogP contribution in [-0.2, 0) is 11.3 Å². The maximum Gasteiger partial charge on any atom is 0.241 e. The van der Waals surface area contributed by atoms with Gasteiger partial charge < -0.3 is 14.7 Å². The van der Waals surface area contributed by atoms with Crippen LogP contribution in [0.15, 0.2) is 57.9 Å². The van der Waals surface area contributed by atoms with Crippen molar-refractivity contribution in [3.05, 3.63) is 60.0 Å². The molecular formula is C24H29N5O2S. The normalized spacial score (nSPS) is 15.1. The predicted octanol–water partition coefficient (Wildman–Crippen LogP) is 3.91. The van der Waals surface area contributed by atoms with Crippen LogP contribution in [0.4, 0.5) is 5.69 Å². The highest BCUT2D eigenvalue weighted by molar-refractivity contribution is 7.98. The number of aromatic nitrogens is 2. The average molecular weight is 452 g/mol. The van der Waals surface area contributed by atoms with Gasteiger partial charge in [0.25, 0.3) is 0 Å². The summed E-state index contributed by atoms with van der Waals surface area (Å²) in [4.78, 5) is 22.7. The molecule has 168 valence electrons. The van der Waals surface area contributed by atoms with Gasteiger partial charge in [0, 0.05) is 49.6 Å². The summed E-state index contributed by atoms with van der Waals surface area (Å²) in [6, 6.07) is 16.0. The summed E-state index contributed by atoms with van der Waals surface area (Å²) in [6.45, 7) is 7.15. The number of carbonyl (C=O) groups is 1. The molecule has 2 heterocycles. The number of benzene rings is 2. The smallest absolute Gasteiger partial charge is 0.241 e. The Hall–Kier alpha value is -2.68. The number of nitrogens with zero attached hydrogens (tertiary/aromatic N) is 4. The number of anilines is 1. The van der Waals surface area contributed by atoms with Crippen molar-refractivity contribution >= 4 is 23.4 Å². The lowest BCUT2D eigenvalue weighted by molar-refractivity contribution is -0.116. The minimum atomic E-state index is 0.0587. The monoisotopic (exact) mass is 451 g/mol. The lowest BCUT2D eigenvalue weighted by Gasteiger charge is -2.33. The zero-order valence-corrected chi connectivity index (χ0v) is 19.4. The molecule has 2 aromatic carbocycles. The molecule has 1 aromatic heterocycles. The molecule has 1 aliphatic rings. The lowest BCUT2D eigenvalue weighted by atomic mass is 10.1. The van der Waals surface area contributed by atoms with E-state index in [0.29, 0.717) is 24.7 Å². The molecule has 8 heteroatoms.